The van der Waals surface area contributed by atoms with Crippen molar-refractivity contribution in [2.75, 3.05) is 13.1 Å². The summed E-state index contributed by atoms with van der Waals surface area (Å²) < 4.78 is 2.42. The van der Waals surface area contributed by atoms with Gasteiger partial charge in [0, 0.05) is 0 Å². The van der Waals surface area contributed by atoms with E-state index in [-0.39, 0.29) is 5.91 Å². The molecule has 0 aromatic heterocycles. The second-order valence-electron chi connectivity index (χ2n) is 6.83. The summed E-state index contributed by atoms with van der Waals surface area (Å²) in [5.41, 5.74) is 4.46. The normalized spacial score (nSPS) is 19.3. The van der Waals surface area contributed by atoms with Crippen molar-refractivity contribution in [2.24, 2.45) is 0 Å². The summed E-state index contributed by atoms with van der Waals surface area (Å²) >= 11 is 3.10. The predicted molar refractivity (Wildman–Crippen MR) is 112 cm³/mol. The molecule has 0 spiro atoms. The first kappa shape index (κ1) is 18.0. The van der Waals surface area contributed by atoms with Gasteiger partial charge < -0.3 is 0 Å². The first-order valence-electron chi connectivity index (χ1n) is 9.05. The number of carbonyl (C=O) groups excluding carboxylic acids is 1. The first-order chi connectivity index (χ1) is 12.7. The van der Waals surface area contributed by atoms with Crippen molar-refractivity contribution in [3.05, 3.63) is 68.5 Å². The summed E-state index contributed by atoms with van der Waals surface area (Å²) in [6.45, 7) is 4.11. The molecule has 0 aliphatic carbocycles. The van der Waals surface area contributed by atoms with E-state index in [4.69, 9.17) is 0 Å². The van der Waals surface area contributed by atoms with Crippen LogP contribution in [0.1, 0.15) is 29.5 Å². The topological polar surface area (TPSA) is 32.3 Å². The van der Waals surface area contributed by atoms with Crippen LogP contribution in [0, 0.1) is 0 Å². The molecule has 2 aliphatic rings. The Morgan fingerprint density at radius 1 is 1.12 bits per heavy atom. The second kappa shape index (κ2) is 8.12. The standard InChI is InChI=1S/C21H22AsBrN2O/c23-20-5-3-4-17-18(21(26)24-13-19(17)20)12-22-16-8-6-15(7-9-16)14-25-10-1-2-11-25/h3-9,12,22H,1-2,10-11,13-14H2,(H,24,26). The molecule has 1 saturated heterocycles. The van der Waals surface area contributed by atoms with Crippen LogP contribution >= 0.6 is 15.9 Å². The molecule has 2 aromatic carbocycles. The van der Waals surface area contributed by atoms with E-state index in [9.17, 15) is 4.79 Å². The first-order valence-corrected chi connectivity index (χ1v) is 12.1. The molecule has 1 fully saturated rings. The Hall–Kier alpha value is -1.35. The zero-order chi connectivity index (χ0) is 17.9. The van der Waals surface area contributed by atoms with Crippen LogP contribution in [0.15, 0.2) is 51.8 Å². The molecule has 1 N–H and O–H groups in total. The van der Waals surface area contributed by atoms with Gasteiger partial charge in [-0.3, -0.25) is 0 Å². The van der Waals surface area contributed by atoms with E-state index in [1.807, 2.05) is 12.1 Å². The monoisotopic (exact) mass is 472 g/mol. The van der Waals surface area contributed by atoms with E-state index in [1.165, 1.54) is 41.4 Å². The van der Waals surface area contributed by atoms with Crippen LogP contribution < -0.4 is 9.67 Å². The van der Waals surface area contributed by atoms with Gasteiger partial charge in [-0.05, 0) is 0 Å². The molecule has 134 valence electrons. The third-order valence-corrected chi connectivity index (χ3v) is 8.07. The van der Waals surface area contributed by atoms with Crippen molar-refractivity contribution in [1.82, 2.24) is 10.2 Å². The van der Waals surface area contributed by atoms with E-state index < -0.39 is 15.8 Å². The van der Waals surface area contributed by atoms with E-state index in [2.05, 4.69) is 61.3 Å². The summed E-state index contributed by atoms with van der Waals surface area (Å²) in [5.74, 6) is 0.0463. The SMILES string of the molecule is O=C1NCc2c(Br)cccc2C1=C[AsH]c1ccc(CN2CCCC2)cc1. The molecule has 0 bridgehead atoms. The minimum absolute atomic E-state index is 0.0463. The second-order valence-corrected chi connectivity index (χ2v) is 10.1. The Bertz CT molecular complexity index is 842. The number of nitrogens with one attached hydrogen (secondary N) is 1. The molecule has 2 aliphatic heterocycles. The van der Waals surface area contributed by atoms with Crippen LogP contribution in [0.3, 0.4) is 0 Å². The molecule has 4 rings (SSSR count). The summed E-state index contributed by atoms with van der Waals surface area (Å²) in [7, 11) is 0. The Morgan fingerprint density at radius 2 is 1.88 bits per heavy atom. The average molecular weight is 473 g/mol. The van der Waals surface area contributed by atoms with Gasteiger partial charge in [0.1, 0.15) is 0 Å². The molecular formula is C21H22AsBrN2O. The van der Waals surface area contributed by atoms with Gasteiger partial charge in [-0.15, -0.1) is 0 Å². The molecule has 2 heterocycles. The van der Waals surface area contributed by atoms with Gasteiger partial charge in [0.2, 0.25) is 0 Å². The number of likely N-dealkylation sites (tertiary alicyclic amines) is 1. The fourth-order valence-corrected chi connectivity index (χ4v) is 6.09. The van der Waals surface area contributed by atoms with Crippen molar-refractivity contribution in [2.45, 2.75) is 25.9 Å². The van der Waals surface area contributed by atoms with Crippen molar-refractivity contribution in [3.63, 3.8) is 0 Å². The molecular weight excluding hydrogens is 451 g/mol. The Kier molecular flexibility index (Phi) is 5.63. The molecule has 0 saturated carbocycles. The van der Waals surface area contributed by atoms with Gasteiger partial charge in [0.25, 0.3) is 0 Å². The fourth-order valence-electron chi connectivity index (χ4n) is 3.58. The Morgan fingerprint density at radius 3 is 2.65 bits per heavy atom. The number of fused-ring (bicyclic) bond motifs is 1. The molecule has 1 atom stereocenters. The number of carbonyl (C=O) groups is 1. The quantitative estimate of drug-likeness (QED) is 0.548. The summed E-state index contributed by atoms with van der Waals surface area (Å²) in [6, 6.07) is 15.1. The van der Waals surface area contributed by atoms with Crippen LogP contribution in [0.5, 0.6) is 0 Å². The van der Waals surface area contributed by atoms with Crippen molar-refractivity contribution < 1.29 is 4.79 Å². The summed E-state index contributed by atoms with van der Waals surface area (Å²) in [4.78, 5) is 17.1. The molecule has 5 heteroatoms. The Labute approximate surface area is 169 Å². The average Bonchev–Trinajstić information content (AvgIpc) is 3.15. The van der Waals surface area contributed by atoms with Gasteiger partial charge in [0.15, 0.2) is 0 Å². The van der Waals surface area contributed by atoms with Crippen LogP contribution in [-0.4, -0.2) is 39.6 Å². The van der Waals surface area contributed by atoms with Gasteiger partial charge in [-0.25, -0.2) is 0 Å². The fraction of sp³-hybridized carbons (Fsp3) is 0.286. The van der Waals surface area contributed by atoms with Crippen molar-refractivity contribution in [1.29, 1.82) is 0 Å². The molecule has 3 nitrogen and oxygen atoms in total. The van der Waals surface area contributed by atoms with Crippen LogP contribution in [0.4, 0.5) is 0 Å². The molecule has 1 unspecified atom stereocenters. The van der Waals surface area contributed by atoms with Gasteiger partial charge >= 0.3 is 170 Å². The number of rotatable bonds is 4. The van der Waals surface area contributed by atoms with Crippen molar-refractivity contribution in [3.8, 4) is 0 Å². The third-order valence-electron chi connectivity index (χ3n) is 5.02. The van der Waals surface area contributed by atoms with Gasteiger partial charge in [0.05, 0.1) is 0 Å². The van der Waals surface area contributed by atoms with E-state index in [0.717, 1.165) is 22.2 Å². The van der Waals surface area contributed by atoms with Gasteiger partial charge in [-0.1, -0.05) is 0 Å². The number of amides is 1. The van der Waals surface area contributed by atoms with E-state index in [1.54, 1.807) is 0 Å². The number of nitrogens with zero attached hydrogens (tertiary/aromatic N) is 1. The van der Waals surface area contributed by atoms with Crippen LogP contribution in [-0.2, 0) is 17.9 Å². The zero-order valence-electron chi connectivity index (χ0n) is 14.6. The van der Waals surface area contributed by atoms with E-state index in [0.29, 0.717) is 6.54 Å². The number of benzene rings is 2. The van der Waals surface area contributed by atoms with Crippen LogP contribution in [0.25, 0.3) is 5.57 Å². The minimum atomic E-state index is -0.493. The number of halogens is 1. The number of hydrogen-bond acceptors (Lipinski definition) is 2. The van der Waals surface area contributed by atoms with Crippen molar-refractivity contribution >= 4 is 47.5 Å². The number of hydrogen-bond donors (Lipinski definition) is 1. The zero-order valence-corrected chi connectivity index (χ0v) is 18.3. The molecule has 26 heavy (non-hydrogen) atoms. The summed E-state index contributed by atoms with van der Waals surface area (Å²) in [5, 5.41) is 2.99. The molecule has 2 aromatic rings. The predicted octanol–water partition coefficient (Wildman–Crippen LogP) is 2.78. The van der Waals surface area contributed by atoms with Crippen LogP contribution in [0.2, 0.25) is 0 Å². The maximum atomic E-state index is 12.4. The maximum absolute atomic E-state index is 12.4. The van der Waals surface area contributed by atoms with E-state index >= 15 is 0 Å². The van der Waals surface area contributed by atoms with Gasteiger partial charge in [-0.2, -0.15) is 0 Å². The summed E-state index contributed by atoms with van der Waals surface area (Å²) in [6.07, 6.45) is 2.66. The molecule has 1 amide bonds. The Balaban J connectivity index is 1.49. The molecule has 0 radical (unpaired) electrons. The third kappa shape index (κ3) is 3.98.